The summed E-state index contributed by atoms with van der Waals surface area (Å²) in [5.74, 6) is -0.762. The molecule has 156 valence electrons. The third kappa shape index (κ3) is 4.17. The Hall–Kier alpha value is -3.22. The number of ether oxygens (including phenoxy) is 1. The Labute approximate surface area is 188 Å². The largest absolute Gasteiger partial charge is 0.479 e. The summed E-state index contributed by atoms with van der Waals surface area (Å²) < 4.78 is 5.65. The second-order valence-corrected chi connectivity index (χ2v) is 8.48. The summed E-state index contributed by atoms with van der Waals surface area (Å²) in [5.41, 5.74) is 6.26. The predicted octanol–water partition coefficient (Wildman–Crippen LogP) is 6.66. The van der Waals surface area contributed by atoms with Gasteiger partial charge in [0.15, 0.2) is 0 Å². The van der Waals surface area contributed by atoms with E-state index in [4.69, 9.17) is 21.3 Å². The molecule has 0 aliphatic rings. The van der Waals surface area contributed by atoms with Gasteiger partial charge in [0, 0.05) is 22.2 Å². The fourth-order valence-electron chi connectivity index (χ4n) is 3.60. The molecule has 2 heterocycles. The maximum atomic E-state index is 12.2. The number of nitrogens with zero attached hydrogens (tertiary/aromatic N) is 2. The highest BCUT2D eigenvalue weighted by Gasteiger charge is 2.29. The first kappa shape index (κ1) is 21.0. The van der Waals surface area contributed by atoms with E-state index in [1.165, 1.54) is 11.3 Å². The van der Waals surface area contributed by atoms with Crippen molar-refractivity contribution in [2.45, 2.75) is 20.0 Å². The van der Waals surface area contributed by atoms with E-state index in [1.807, 2.05) is 37.3 Å². The third-order valence-electron chi connectivity index (χ3n) is 4.86. The molecule has 0 saturated carbocycles. The molecule has 0 spiro atoms. The second kappa shape index (κ2) is 8.49. The summed E-state index contributed by atoms with van der Waals surface area (Å²) in [6, 6.07) is 13.1. The summed E-state index contributed by atoms with van der Waals surface area (Å²) in [4.78, 5) is 22.1. The number of pyridine rings is 1. The highest BCUT2D eigenvalue weighted by atomic mass is 35.5. The molecule has 4 aromatic rings. The number of hydrogen-bond acceptors (Lipinski definition) is 5. The molecule has 0 aliphatic heterocycles. The Morgan fingerprint density at radius 2 is 1.97 bits per heavy atom. The van der Waals surface area contributed by atoms with E-state index in [9.17, 15) is 9.90 Å². The number of benzene rings is 2. The molecule has 4 rings (SSSR count). The van der Waals surface area contributed by atoms with Gasteiger partial charge in [0.05, 0.1) is 27.4 Å². The monoisotopic (exact) mass is 450 g/mol. The van der Waals surface area contributed by atoms with Crippen LogP contribution in [0.25, 0.3) is 32.6 Å². The Morgan fingerprint density at radius 1 is 1.23 bits per heavy atom. The standard InChI is InChI=1S/C24H19ClN2O3S/c1-13(2)30-23(24(28)29)21-14(3)10-19-17(22(21)15-4-6-16(25)7-5-15)8-9-18(27-19)20-11-26-12-31-20/h4-12,23H,1H2,2-3H3,(H,28,29)/t23-/m0/s1. The lowest BCUT2D eigenvalue weighted by Crippen LogP contribution is -2.17. The zero-order chi connectivity index (χ0) is 22.1. The number of thiazole rings is 1. The van der Waals surface area contributed by atoms with Crippen LogP contribution in [0.3, 0.4) is 0 Å². The predicted molar refractivity (Wildman–Crippen MR) is 124 cm³/mol. The molecule has 0 saturated heterocycles. The zero-order valence-electron chi connectivity index (χ0n) is 16.9. The van der Waals surface area contributed by atoms with Gasteiger partial charge in [0.1, 0.15) is 0 Å². The zero-order valence-corrected chi connectivity index (χ0v) is 18.5. The van der Waals surface area contributed by atoms with Gasteiger partial charge in [-0.1, -0.05) is 30.3 Å². The maximum absolute atomic E-state index is 12.2. The van der Waals surface area contributed by atoms with Gasteiger partial charge in [-0.2, -0.15) is 0 Å². The molecule has 0 fully saturated rings. The number of aliphatic carboxylic acids is 1. The molecule has 7 heteroatoms. The van der Waals surface area contributed by atoms with Gasteiger partial charge in [-0.25, -0.2) is 9.78 Å². The van der Waals surface area contributed by atoms with Gasteiger partial charge >= 0.3 is 5.97 Å². The summed E-state index contributed by atoms with van der Waals surface area (Å²) in [7, 11) is 0. The van der Waals surface area contributed by atoms with Gasteiger partial charge in [0.25, 0.3) is 0 Å². The second-order valence-electron chi connectivity index (χ2n) is 7.16. The Kier molecular flexibility index (Phi) is 5.76. The molecule has 2 aromatic carbocycles. The number of halogens is 1. The molecule has 5 nitrogen and oxygen atoms in total. The number of fused-ring (bicyclic) bond motifs is 1. The van der Waals surface area contributed by atoms with Crippen molar-refractivity contribution in [2.75, 3.05) is 0 Å². The number of allylic oxidation sites excluding steroid dienone is 1. The van der Waals surface area contributed by atoms with Gasteiger partial charge in [0.2, 0.25) is 6.10 Å². The van der Waals surface area contributed by atoms with Crippen LogP contribution >= 0.6 is 22.9 Å². The van der Waals surface area contributed by atoms with Crippen molar-refractivity contribution in [3.05, 3.63) is 82.7 Å². The molecule has 0 aliphatic carbocycles. The molecule has 0 amide bonds. The minimum Gasteiger partial charge on any atom is -0.479 e. The maximum Gasteiger partial charge on any atom is 0.349 e. The van der Waals surface area contributed by atoms with Crippen molar-refractivity contribution < 1.29 is 14.6 Å². The van der Waals surface area contributed by atoms with Crippen LogP contribution in [0.2, 0.25) is 5.02 Å². The molecule has 0 bridgehead atoms. The van der Waals surface area contributed by atoms with Gasteiger partial charge in [-0.05, 0) is 60.9 Å². The average molecular weight is 451 g/mol. The number of hydrogen-bond donors (Lipinski definition) is 1. The van der Waals surface area contributed by atoms with Crippen LogP contribution < -0.4 is 0 Å². The Balaban J connectivity index is 2.04. The van der Waals surface area contributed by atoms with Crippen LogP contribution in [0.4, 0.5) is 0 Å². The number of rotatable bonds is 6. The fourth-order valence-corrected chi connectivity index (χ4v) is 4.32. The number of aromatic nitrogens is 2. The smallest absolute Gasteiger partial charge is 0.349 e. The molecule has 1 N–H and O–H groups in total. The molecule has 31 heavy (non-hydrogen) atoms. The Bertz CT molecular complexity index is 1280. The minimum atomic E-state index is -1.20. The number of carbonyl (C=O) groups is 1. The molecule has 0 unspecified atom stereocenters. The minimum absolute atomic E-state index is 0.327. The van der Waals surface area contributed by atoms with Crippen LogP contribution in [0, 0.1) is 6.92 Å². The van der Waals surface area contributed by atoms with Gasteiger partial charge in [-0.3, -0.25) is 4.98 Å². The number of carboxylic acid groups (broad SMARTS) is 1. The van der Waals surface area contributed by atoms with E-state index in [-0.39, 0.29) is 0 Å². The molecular formula is C24H19ClN2O3S. The van der Waals surface area contributed by atoms with Crippen LogP contribution in [-0.2, 0) is 9.53 Å². The van der Waals surface area contributed by atoms with Crippen LogP contribution in [0.5, 0.6) is 0 Å². The number of aryl methyl sites for hydroxylation is 1. The van der Waals surface area contributed by atoms with E-state index >= 15 is 0 Å². The van der Waals surface area contributed by atoms with Crippen LogP contribution in [-0.4, -0.2) is 21.0 Å². The topological polar surface area (TPSA) is 72.3 Å². The van der Waals surface area contributed by atoms with Crippen molar-refractivity contribution in [2.24, 2.45) is 0 Å². The summed E-state index contributed by atoms with van der Waals surface area (Å²) in [6.45, 7) is 7.23. The first-order valence-electron chi connectivity index (χ1n) is 9.49. The van der Waals surface area contributed by atoms with Gasteiger partial charge < -0.3 is 9.84 Å². The molecule has 1 atom stereocenters. The van der Waals surface area contributed by atoms with Crippen molar-refractivity contribution in [1.29, 1.82) is 0 Å². The van der Waals surface area contributed by atoms with Crippen molar-refractivity contribution in [1.82, 2.24) is 9.97 Å². The highest BCUT2D eigenvalue weighted by Crippen LogP contribution is 2.40. The molecule has 0 radical (unpaired) electrons. The summed E-state index contributed by atoms with van der Waals surface area (Å²) >= 11 is 7.61. The van der Waals surface area contributed by atoms with Crippen molar-refractivity contribution >= 4 is 39.8 Å². The first-order chi connectivity index (χ1) is 14.8. The van der Waals surface area contributed by atoms with Crippen LogP contribution in [0.1, 0.15) is 24.2 Å². The highest BCUT2D eigenvalue weighted by molar-refractivity contribution is 7.13. The van der Waals surface area contributed by atoms with Crippen molar-refractivity contribution in [3.63, 3.8) is 0 Å². The lowest BCUT2D eigenvalue weighted by molar-refractivity contribution is -0.148. The van der Waals surface area contributed by atoms with E-state index in [0.717, 1.165) is 38.2 Å². The van der Waals surface area contributed by atoms with Gasteiger partial charge in [-0.15, -0.1) is 11.3 Å². The lowest BCUT2D eigenvalue weighted by Gasteiger charge is -2.23. The van der Waals surface area contributed by atoms with E-state index in [0.29, 0.717) is 16.3 Å². The average Bonchev–Trinajstić information content (AvgIpc) is 3.26. The van der Waals surface area contributed by atoms with Crippen molar-refractivity contribution in [3.8, 4) is 21.7 Å². The lowest BCUT2D eigenvalue weighted by atomic mass is 9.88. The third-order valence-corrected chi connectivity index (χ3v) is 5.91. The van der Waals surface area contributed by atoms with E-state index < -0.39 is 12.1 Å². The summed E-state index contributed by atoms with van der Waals surface area (Å²) in [5, 5.41) is 11.4. The normalized spacial score (nSPS) is 12.0. The SMILES string of the molecule is C=C(C)O[C@H](C(=O)O)c1c(C)cc2nc(-c3cncs3)ccc2c1-c1ccc(Cl)cc1. The Morgan fingerprint density at radius 3 is 2.58 bits per heavy atom. The quantitative estimate of drug-likeness (QED) is 0.332. The molecule has 2 aromatic heterocycles. The van der Waals surface area contributed by atoms with E-state index in [1.54, 1.807) is 30.8 Å². The number of carboxylic acids is 1. The van der Waals surface area contributed by atoms with E-state index in [2.05, 4.69) is 11.6 Å². The summed E-state index contributed by atoms with van der Waals surface area (Å²) in [6.07, 6.45) is 0.579. The van der Waals surface area contributed by atoms with Crippen LogP contribution in [0.15, 0.2) is 66.5 Å². The molecular weight excluding hydrogens is 432 g/mol. The fraction of sp³-hybridized carbons (Fsp3) is 0.125. The first-order valence-corrected chi connectivity index (χ1v) is 10.7.